The molecule has 168 valence electrons. The summed E-state index contributed by atoms with van der Waals surface area (Å²) in [4.78, 5) is 39.5. The van der Waals surface area contributed by atoms with Gasteiger partial charge in [-0.25, -0.2) is 0 Å². The van der Waals surface area contributed by atoms with Crippen molar-refractivity contribution in [2.24, 2.45) is 5.92 Å². The van der Waals surface area contributed by atoms with Gasteiger partial charge in [0.15, 0.2) is 0 Å². The van der Waals surface area contributed by atoms with Gasteiger partial charge in [0.2, 0.25) is 11.8 Å². The van der Waals surface area contributed by atoms with Gasteiger partial charge in [-0.05, 0) is 43.7 Å². The molecule has 2 aliphatic rings. The normalized spacial score (nSPS) is 25.4. The molecule has 1 aromatic carbocycles. The SMILES string of the molecule is C[C@H]1CNC(=O)[C@@H](CC(=O)N2Cc3ccccc3C[C@H]2CO)CC=CCCCC(=O)O1. The van der Waals surface area contributed by atoms with Crippen molar-refractivity contribution in [3.63, 3.8) is 0 Å². The Labute approximate surface area is 183 Å². The molecule has 7 nitrogen and oxygen atoms in total. The number of aliphatic hydroxyl groups excluding tert-OH is 1. The molecule has 0 aromatic heterocycles. The number of aliphatic hydroxyl groups is 1. The van der Waals surface area contributed by atoms with Crippen LogP contribution in [0, 0.1) is 5.92 Å². The van der Waals surface area contributed by atoms with E-state index in [1.165, 1.54) is 0 Å². The van der Waals surface area contributed by atoms with E-state index in [1.54, 1.807) is 11.8 Å². The summed E-state index contributed by atoms with van der Waals surface area (Å²) in [7, 11) is 0. The largest absolute Gasteiger partial charge is 0.461 e. The first-order valence-electron chi connectivity index (χ1n) is 11.1. The first kappa shape index (κ1) is 23.0. The van der Waals surface area contributed by atoms with Crippen molar-refractivity contribution in [3.05, 3.63) is 47.5 Å². The highest BCUT2D eigenvalue weighted by Gasteiger charge is 2.32. The van der Waals surface area contributed by atoms with Crippen LogP contribution >= 0.6 is 0 Å². The van der Waals surface area contributed by atoms with Gasteiger partial charge in [0.25, 0.3) is 0 Å². The van der Waals surface area contributed by atoms with E-state index in [0.717, 1.165) is 17.5 Å². The number of carbonyl (C=O) groups is 3. The fourth-order valence-electron chi connectivity index (χ4n) is 4.11. The van der Waals surface area contributed by atoms with E-state index in [0.29, 0.717) is 32.2 Å². The van der Waals surface area contributed by atoms with Crippen LogP contribution < -0.4 is 5.32 Å². The quantitative estimate of drug-likeness (QED) is 0.568. The molecule has 2 N–H and O–H groups in total. The van der Waals surface area contributed by atoms with Gasteiger partial charge in [0.05, 0.1) is 25.1 Å². The number of carbonyl (C=O) groups excluding carboxylic acids is 3. The average molecular weight is 429 g/mol. The lowest BCUT2D eigenvalue weighted by Gasteiger charge is -2.36. The molecule has 7 heteroatoms. The molecule has 0 saturated heterocycles. The summed E-state index contributed by atoms with van der Waals surface area (Å²) in [6.45, 7) is 2.29. The lowest BCUT2D eigenvalue weighted by atomic mass is 9.92. The predicted molar refractivity (Wildman–Crippen MR) is 116 cm³/mol. The fourth-order valence-corrected chi connectivity index (χ4v) is 4.11. The third-order valence-corrected chi connectivity index (χ3v) is 5.91. The molecular weight excluding hydrogens is 396 g/mol. The number of hydrogen-bond acceptors (Lipinski definition) is 5. The van der Waals surface area contributed by atoms with E-state index < -0.39 is 12.0 Å². The van der Waals surface area contributed by atoms with Crippen LogP contribution in [0.15, 0.2) is 36.4 Å². The van der Waals surface area contributed by atoms with E-state index in [4.69, 9.17) is 4.74 Å². The highest BCUT2D eigenvalue weighted by molar-refractivity contribution is 5.86. The van der Waals surface area contributed by atoms with E-state index >= 15 is 0 Å². The van der Waals surface area contributed by atoms with Gasteiger partial charge in [-0.1, -0.05) is 36.4 Å². The van der Waals surface area contributed by atoms with E-state index in [9.17, 15) is 19.5 Å². The van der Waals surface area contributed by atoms with Crippen LogP contribution in [0.1, 0.15) is 50.2 Å². The number of hydrogen-bond donors (Lipinski definition) is 2. The maximum Gasteiger partial charge on any atom is 0.306 e. The highest BCUT2D eigenvalue weighted by Crippen LogP contribution is 2.25. The van der Waals surface area contributed by atoms with Crippen LogP contribution in [0.25, 0.3) is 0 Å². The zero-order chi connectivity index (χ0) is 22.2. The molecule has 0 saturated carbocycles. The van der Waals surface area contributed by atoms with Crippen LogP contribution in [-0.2, 0) is 32.1 Å². The smallest absolute Gasteiger partial charge is 0.306 e. The minimum absolute atomic E-state index is 0.0724. The summed E-state index contributed by atoms with van der Waals surface area (Å²) < 4.78 is 5.30. The Bertz CT molecular complexity index is 822. The maximum atomic E-state index is 13.2. The predicted octanol–water partition coefficient (Wildman–Crippen LogP) is 2.12. The molecular formula is C24H32N2O5. The van der Waals surface area contributed by atoms with E-state index in [2.05, 4.69) is 5.32 Å². The molecule has 3 rings (SSSR count). The standard InChI is InChI=1S/C24H32N2O5/c1-17-14-25-24(30)19(9-4-2-3-5-11-23(29)31-17)13-22(28)26-15-20-10-7-6-8-18(20)12-21(26)16-27/h2,4,6-8,10,17,19,21,27H,3,5,9,11-16H2,1H3,(H,25,30)/t17-,19+,21-/m0/s1. The number of esters is 1. The van der Waals surface area contributed by atoms with Crippen LogP contribution in [0.4, 0.5) is 0 Å². The molecule has 31 heavy (non-hydrogen) atoms. The molecule has 1 aromatic rings. The molecule has 0 unspecified atom stereocenters. The molecule has 0 radical (unpaired) electrons. The van der Waals surface area contributed by atoms with Crippen LogP contribution in [-0.4, -0.2) is 53.1 Å². The summed E-state index contributed by atoms with van der Waals surface area (Å²) >= 11 is 0. The first-order valence-corrected chi connectivity index (χ1v) is 11.1. The molecule has 2 amide bonds. The van der Waals surface area contributed by atoms with Crippen molar-refractivity contribution in [3.8, 4) is 0 Å². The minimum atomic E-state index is -0.510. The zero-order valence-corrected chi connectivity index (χ0v) is 18.1. The molecule has 0 spiro atoms. The summed E-state index contributed by atoms with van der Waals surface area (Å²) in [6.07, 6.45) is 6.35. The lowest BCUT2D eigenvalue weighted by molar-refractivity contribution is -0.148. The Kier molecular flexibility index (Phi) is 8.23. The summed E-state index contributed by atoms with van der Waals surface area (Å²) in [5.74, 6) is -1.13. The van der Waals surface area contributed by atoms with Crippen molar-refractivity contribution < 1.29 is 24.2 Å². The van der Waals surface area contributed by atoms with Gasteiger partial charge in [-0.15, -0.1) is 0 Å². The number of amides is 2. The Hall–Kier alpha value is -2.67. The summed E-state index contributed by atoms with van der Waals surface area (Å²) in [5.41, 5.74) is 2.23. The second-order valence-corrected chi connectivity index (χ2v) is 8.38. The number of allylic oxidation sites excluding steroid dienone is 2. The van der Waals surface area contributed by atoms with Gasteiger partial charge in [-0.3, -0.25) is 14.4 Å². The molecule has 0 fully saturated rings. The van der Waals surface area contributed by atoms with Crippen molar-refractivity contribution in [2.45, 2.75) is 64.1 Å². The molecule has 2 heterocycles. The summed E-state index contributed by atoms with van der Waals surface area (Å²) in [5, 5.41) is 12.7. The number of nitrogens with one attached hydrogen (secondary N) is 1. The van der Waals surface area contributed by atoms with Gasteiger partial charge in [0.1, 0.15) is 6.10 Å². The third kappa shape index (κ3) is 6.40. The van der Waals surface area contributed by atoms with Crippen molar-refractivity contribution in [1.29, 1.82) is 0 Å². The number of nitrogens with zero attached hydrogens (tertiary/aromatic N) is 1. The molecule has 0 bridgehead atoms. The lowest BCUT2D eigenvalue weighted by Crippen LogP contribution is -2.47. The summed E-state index contributed by atoms with van der Waals surface area (Å²) in [6, 6.07) is 7.66. The average Bonchev–Trinajstić information content (AvgIpc) is 2.78. The van der Waals surface area contributed by atoms with Crippen LogP contribution in [0.3, 0.4) is 0 Å². The third-order valence-electron chi connectivity index (χ3n) is 5.91. The van der Waals surface area contributed by atoms with Crippen molar-refractivity contribution in [2.75, 3.05) is 13.2 Å². The number of ether oxygens (including phenoxy) is 1. The Morgan fingerprint density at radius 1 is 1.23 bits per heavy atom. The topological polar surface area (TPSA) is 95.9 Å². The second-order valence-electron chi connectivity index (χ2n) is 8.38. The van der Waals surface area contributed by atoms with Gasteiger partial charge in [-0.2, -0.15) is 0 Å². The Morgan fingerprint density at radius 3 is 2.77 bits per heavy atom. The minimum Gasteiger partial charge on any atom is -0.461 e. The number of cyclic esters (lactones) is 1. The van der Waals surface area contributed by atoms with Gasteiger partial charge < -0.3 is 20.1 Å². The Balaban J connectivity index is 1.69. The fraction of sp³-hybridized carbons (Fsp3) is 0.542. The van der Waals surface area contributed by atoms with Crippen LogP contribution in [0.5, 0.6) is 0 Å². The van der Waals surface area contributed by atoms with Crippen molar-refractivity contribution >= 4 is 17.8 Å². The van der Waals surface area contributed by atoms with E-state index in [1.807, 2.05) is 36.4 Å². The van der Waals surface area contributed by atoms with Crippen molar-refractivity contribution in [1.82, 2.24) is 10.2 Å². The van der Waals surface area contributed by atoms with Crippen LogP contribution in [0.2, 0.25) is 0 Å². The number of rotatable bonds is 3. The molecule has 0 aliphatic carbocycles. The van der Waals surface area contributed by atoms with E-state index in [-0.39, 0.29) is 43.4 Å². The highest BCUT2D eigenvalue weighted by atomic mass is 16.5. The monoisotopic (exact) mass is 428 g/mol. The Morgan fingerprint density at radius 2 is 2.00 bits per heavy atom. The van der Waals surface area contributed by atoms with Gasteiger partial charge >= 0.3 is 5.97 Å². The van der Waals surface area contributed by atoms with Gasteiger partial charge in [0, 0.05) is 19.4 Å². The number of fused-ring (bicyclic) bond motifs is 1. The maximum absolute atomic E-state index is 13.2. The number of benzene rings is 1. The first-order chi connectivity index (χ1) is 15.0. The zero-order valence-electron chi connectivity index (χ0n) is 18.1. The molecule has 2 aliphatic heterocycles. The second kappa shape index (κ2) is 11.1. The molecule has 3 atom stereocenters.